The van der Waals surface area contributed by atoms with E-state index >= 15 is 0 Å². The zero-order valence-electron chi connectivity index (χ0n) is 22.7. The molecule has 0 bridgehead atoms. The van der Waals surface area contributed by atoms with E-state index in [1.165, 1.54) is 27.4 Å². The average molecular weight is 526 g/mol. The first-order valence-corrected chi connectivity index (χ1v) is 12.3. The Bertz CT molecular complexity index is 1380. The number of rotatable bonds is 10. The normalized spacial score (nSPS) is 12.8. The van der Waals surface area contributed by atoms with Crippen molar-refractivity contribution >= 4 is 28.5 Å². The molecule has 0 spiro atoms. The second-order valence-corrected chi connectivity index (χ2v) is 9.56. The van der Waals surface area contributed by atoms with Gasteiger partial charge in [0.15, 0.2) is 16.9 Å². The molecule has 10 heteroatoms. The highest BCUT2D eigenvalue weighted by Crippen LogP contribution is 2.42. The molecular weight excluding hydrogens is 490 g/mol. The van der Waals surface area contributed by atoms with E-state index in [1.807, 2.05) is 27.7 Å². The lowest BCUT2D eigenvalue weighted by Gasteiger charge is -2.24. The summed E-state index contributed by atoms with van der Waals surface area (Å²) in [5.74, 6) is 0.102. The van der Waals surface area contributed by atoms with E-state index in [-0.39, 0.29) is 57.3 Å². The summed E-state index contributed by atoms with van der Waals surface area (Å²) in [6.07, 6.45) is 0. The van der Waals surface area contributed by atoms with Crippen LogP contribution in [0.25, 0.3) is 22.3 Å². The predicted molar refractivity (Wildman–Crippen MR) is 146 cm³/mol. The number of fused-ring (bicyclic) bond motifs is 1. The van der Waals surface area contributed by atoms with Gasteiger partial charge in [0, 0.05) is 23.4 Å². The molecule has 0 aliphatic rings. The number of anilines is 1. The first-order chi connectivity index (χ1) is 18.0. The Morgan fingerprint density at radius 3 is 2.16 bits per heavy atom. The van der Waals surface area contributed by atoms with Gasteiger partial charge in [-0.05, 0) is 24.0 Å². The SMILES string of the molecule is COc1cc2oc(-c3cccc(NC(=O)[C@@H](NC(=O)[C@@H](N)C(C)C)C(C)C)c3)cc(=O)c2c(OC)c1OC. The molecule has 2 aromatic carbocycles. The fourth-order valence-corrected chi connectivity index (χ4v) is 3.99. The van der Waals surface area contributed by atoms with Crippen molar-refractivity contribution in [2.24, 2.45) is 17.6 Å². The minimum absolute atomic E-state index is 0.0693. The molecule has 0 aliphatic carbocycles. The molecule has 0 radical (unpaired) electrons. The van der Waals surface area contributed by atoms with Crippen molar-refractivity contribution in [3.63, 3.8) is 0 Å². The molecule has 3 rings (SSSR count). The maximum atomic E-state index is 13.1. The number of nitrogens with two attached hydrogens (primary N) is 1. The lowest BCUT2D eigenvalue weighted by atomic mass is 10.00. The van der Waals surface area contributed by atoms with Crippen LogP contribution in [0.4, 0.5) is 5.69 Å². The molecule has 38 heavy (non-hydrogen) atoms. The average Bonchev–Trinajstić information content (AvgIpc) is 2.89. The van der Waals surface area contributed by atoms with Crippen LogP contribution in [-0.4, -0.2) is 45.2 Å². The summed E-state index contributed by atoms with van der Waals surface area (Å²) in [5, 5.41) is 5.81. The van der Waals surface area contributed by atoms with Crippen LogP contribution in [0.3, 0.4) is 0 Å². The molecule has 0 saturated carbocycles. The van der Waals surface area contributed by atoms with E-state index in [0.717, 1.165) is 0 Å². The van der Waals surface area contributed by atoms with Gasteiger partial charge in [0.2, 0.25) is 17.6 Å². The Kier molecular flexibility index (Phi) is 9.00. The van der Waals surface area contributed by atoms with Crippen LogP contribution in [0.5, 0.6) is 17.2 Å². The maximum Gasteiger partial charge on any atom is 0.247 e. The van der Waals surface area contributed by atoms with Crippen LogP contribution in [0.15, 0.2) is 45.6 Å². The molecular formula is C28H35N3O7. The van der Waals surface area contributed by atoms with Gasteiger partial charge < -0.3 is 35.0 Å². The van der Waals surface area contributed by atoms with Gasteiger partial charge in [-0.25, -0.2) is 0 Å². The fourth-order valence-electron chi connectivity index (χ4n) is 3.99. The molecule has 4 N–H and O–H groups in total. The van der Waals surface area contributed by atoms with E-state index in [1.54, 1.807) is 30.3 Å². The molecule has 0 fully saturated rings. The number of hydrogen-bond donors (Lipinski definition) is 3. The monoisotopic (exact) mass is 525 g/mol. The number of ether oxygens (including phenoxy) is 3. The molecule has 10 nitrogen and oxygen atoms in total. The number of nitrogens with one attached hydrogen (secondary N) is 2. The van der Waals surface area contributed by atoms with Crippen LogP contribution in [0.1, 0.15) is 27.7 Å². The van der Waals surface area contributed by atoms with E-state index in [9.17, 15) is 14.4 Å². The zero-order valence-corrected chi connectivity index (χ0v) is 22.7. The fraction of sp³-hybridized carbons (Fsp3) is 0.393. The smallest absolute Gasteiger partial charge is 0.247 e. The van der Waals surface area contributed by atoms with Crippen molar-refractivity contribution < 1.29 is 28.2 Å². The number of hydrogen-bond acceptors (Lipinski definition) is 8. The highest BCUT2D eigenvalue weighted by molar-refractivity contribution is 5.98. The maximum absolute atomic E-state index is 13.1. The van der Waals surface area contributed by atoms with Crippen LogP contribution >= 0.6 is 0 Å². The summed E-state index contributed by atoms with van der Waals surface area (Å²) >= 11 is 0. The Balaban J connectivity index is 1.95. The number of carbonyl (C=O) groups excluding carboxylic acids is 2. The van der Waals surface area contributed by atoms with E-state index in [2.05, 4.69) is 10.6 Å². The molecule has 0 aliphatic heterocycles. The summed E-state index contributed by atoms with van der Waals surface area (Å²) in [5.41, 5.74) is 6.89. The van der Waals surface area contributed by atoms with Crippen molar-refractivity contribution in [2.45, 2.75) is 39.8 Å². The number of amides is 2. The Morgan fingerprint density at radius 2 is 1.58 bits per heavy atom. The standard InChI is InChI=1S/C28H35N3O7/c1-14(2)23(29)27(33)31-24(15(3)4)28(34)30-17-10-8-9-16(11-17)19-12-18(32)22-20(38-19)13-21(35-5)25(36-6)26(22)37-7/h8-15,23-24H,29H2,1-7H3,(H,30,34)(H,31,33)/t23-,24-/m0/s1. The van der Waals surface area contributed by atoms with Gasteiger partial charge in [0.05, 0.1) is 27.4 Å². The van der Waals surface area contributed by atoms with Gasteiger partial charge in [0.25, 0.3) is 0 Å². The Labute approximate surface area is 221 Å². The third kappa shape index (κ3) is 5.91. The summed E-state index contributed by atoms with van der Waals surface area (Å²) in [4.78, 5) is 38.7. The van der Waals surface area contributed by atoms with E-state index < -0.39 is 12.1 Å². The third-order valence-electron chi connectivity index (χ3n) is 6.20. The van der Waals surface area contributed by atoms with Crippen LogP contribution in [0, 0.1) is 11.8 Å². The topological polar surface area (TPSA) is 142 Å². The quantitative estimate of drug-likeness (QED) is 0.365. The van der Waals surface area contributed by atoms with Crippen LogP contribution in [-0.2, 0) is 9.59 Å². The second-order valence-electron chi connectivity index (χ2n) is 9.56. The summed E-state index contributed by atoms with van der Waals surface area (Å²) in [6.45, 7) is 7.36. The minimum atomic E-state index is -0.788. The highest BCUT2D eigenvalue weighted by atomic mass is 16.5. The molecule has 1 aromatic heterocycles. The van der Waals surface area contributed by atoms with Gasteiger partial charge >= 0.3 is 0 Å². The first-order valence-electron chi connectivity index (χ1n) is 12.3. The van der Waals surface area contributed by atoms with Gasteiger partial charge in [-0.3, -0.25) is 14.4 Å². The third-order valence-corrected chi connectivity index (χ3v) is 6.20. The molecule has 0 unspecified atom stereocenters. The highest BCUT2D eigenvalue weighted by Gasteiger charge is 2.28. The number of benzene rings is 2. The summed E-state index contributed by atoms with van der Waals surface area (Å²) in [7, 11) is 4.36. The van der Waals surface area contributed by atoms with Crippen LogP contribution in [0.2, 0.25) is 0 Å². The number of carbonyl (C=O) groups is 2. The van der Waals surface area contributed by atoms with Crippen LogP contribution < -0.4 is 36.0 Å². The van der Waals surface area contributed by atoms with Crippen molar-refractivity contribution in [2.75, 3.05) is 26.6 Å². The zero-order chi connectivity index (χ0) is 28.1. The molecule has 1 heterocycles. The predicted octanol–water partition coefficient (Wildman–Crippen LogP) is 3.55. The lowest BCUT2D eigenvalue weighted by molar-refractivity contribution is -0.128. The summed E-state index contributed by atoms with van der Waals surface area (Å²) in [6, 6.07) is 8.26. The Hall–Kier alpha value is -4.05. The minimum Gasteiger partial charge on any atom is -0.493 e. The molecule has 204 valence electrons. The van der Waals surface area contributed by atoms with Gasteiger partial charge in [-0.1, -0.05) is 39.8 Å². The van der Waals surface area contributed by atoms with Crippen molar-refractivity contribution in [3.05, 3.63) is 46.6 Å². The van der Waals surface area contributed by atoms with Crippen molar-refractivity contribution in [1.82, 2.24) is 5.32 Å². The van der Waals surface area contributed by atoms with Gasteiger partial charge in [-0.15, -0.1) is 0 Å². The van der Waals surface area contributed by atoms with Crippen molar-refractivity contribution in [1.29, 1.82) is 0 Å². The molecule has 2 atom stereocenters. The second kappa shape index (κ2) is 12.0. The van der Waals surface area contributed by atoms with E-state index in [4.69, 9.17) is 24.4 Å². The molecule has 2 amide bonds. The van der Waals surface area contributed by atoms with E-state index in [0.29, 0.717) is 17.0 Å². The number of methoxy groups -OCH3 is 3. The van der Waals surface area contributed by atoms with Gasteiger partial charge in [-0.2, -0.15) is 0 Å². The Morgan fingerprint density at radius 1 is 0.895 bits per heavy atom. The molecule has 0 saturated heterocycles. The summed E-state index contributed by atoms with van der Waals surface area (Å²) < 4.78 is 22.2. The van der Waals surface area contributed by atoms with Gasteiger partial charge in [0.1, 0.15) is 22.8 Å². The lowest BCUT2D eigenvalue weighted by Crippen LogP contribution is -2.53. The molecule has 3 aromatic rings. The first kappa shape index (κ1) is 28.5. The van der Waals surface area contributed by atoms with Crippen molar-refractivity contribution in [3.8, 4) is 28.6 Å². The largest absolute Gasteiger partial charge is 0.493 e.